The molecule has 7 aromatic carbocycles. The number of rotatable bonds is 23. The summed E-state index contributed by atoms with van der Waals surface area (Å²) in [7, 11) is 20.1. The van der Waals surface area contributed by atoms with Gasteiger partial charge in [-0.05, 0) is 196 Å². The third-order valence-corrected chi connectivity index (χ3v) is 22.1. The van der Waals surface area contributed by atoms with E-state index in [1.165, 1.54) is 61.3 Å². The fraction of sp³-hybridized carbons (Fsp3) is 0.323. The molecule has 23 nitrogen and oxygen atoms in total. The molecule has 2 saturated carbocycles. The van der Waals surface area contributed by atoms with Crippen LogP contribution in [0.1, 0.15) is 180 Å². The minimum atomic E-state index is -3.29. The molecule has 2 fully saturated rings. The number of halogens is 15. The van der Waals surface area contributed by atoms with Crippen LogP contribution >= 0.6 is 166 Å². The van der Waals surface area contributed by atoms with Crippen molar-refractivity contribution in [1.29, 1.82) is 0 Å². The average Bonchev–Trinajstić information content (AvgIpc) is 1.65. The first kappa shape index (κ1) is 125. The van der Waals surface area contributed by atoms with Crippen molar-refractivity contribution in [3.8, 4) is 0 Å². The van der Waals surface area contributed by atoms with E-state index in [-0.39, 0.29) is 216 Å². The number of carboxylic acid groups (broad SMARTS) is 1. The normalized spacial score (nSPS) is 11.9. The van der Waals surface area contributed by atoms with E-state index in [1.807, 2.05) is 121 Å². The fourth-order valence-electron chi connectivity index (χ4n) is 12.6. The van der Waals surface area contributed by atoms with E-state index in [4.69, 9.17) is 83.5 Å². The number of hydrogen-bond donors (Lipinski definition) is 4. The van der Waals surface area contributed by atoms with E-state index in [9.17, 15) is 56.7 Å². The number of nitrogens with one attached hydrogen (secondary N) is 3. The van der Waals surface area contributed by atoms with Gasteiger partial charge in [0.05, 0.1) is 27.6 Å². The Morgan fingerprint density at radius 3 is 1.38 bits per heavy atom. The molecule has 4 aromatic heterocycles. The van der Waals surface area contributed by atoms with E-state index < -0.39 is 37.1 Å². The van der Waals surface area contributed by atoms with Gasteiger partial charge in [-0.3, -0.25) is 57.6 Å². The molecule has 4 N–H and O–H groups in total. The van der Waals surface area contributed by atoms with Gasteiger partial charge in [-0.1, -0.05) is 198 Å². The number of carbonyl (C=O) groups is 11. The van der Waals surface area contributed by atoms with E-state index in [1.54, 1.807) is 65.8 Å². The number of aromatic nitrogens is 4. The molecule has 3 aliphatic rings. The molecule has 4 heterocycles. The Morgan fingerprint density at radius 1 is 0.582 bits per heavy atom. The van der Waals surface area contributed by atoms with Crippen LogP contribution < -0.4 is 119 Å². The van der Waals surface area contributed by atoms with Gasteiger partial charge in [0.15, 0.2) is 23.1 Å². The molecule has 2 amide bonds. The van der Waals surface area contributed by atoms with E-state index in [0.717, 1.165) is 98.7 Å². The number of ketones is 4. The van der Waals surface area contributed by atoms with Gasteiger partial charge in [-0.25, -0.2) is 8.78 Å². The maximum absolute atomic E-state index is 14.1. The molecule has 11 aromatic rings. The van der Waals surface area contributed by atoms with E-state index in [2.05, 4.69) is 168 Å². The monoisotopic (exact) mass is 2520 g/mol. The summed E-state index contributed by atoms with van der Waals surface area (Å²) < 4.78 is 48.1. The van der Waals surface area contributed by atoms with Crippen LogP contribution in [0, 0.1) is 17.6 Å². The SMILES string of the molecule is Brc1ccc2c(c1)CC=C2.CC(=O)Cl.CC(=O)c1c[nH]c2cc(Br)ccc12.CC(=O)c1cn(CC(=O)O)c2cc(Br)ccc12.CC(=O)c1cn(CC(=O)OC(C)(C)C)c2cc(Br)ccc12.CC(=O)c1cn(CCN(CC(=O)NCc2cccc(Cl)c2F)C2CC2)c2cc(Br)ccc12.CC(C)(C)OC(=O)CBr.O=C(CCC1CC1)NCc1cccc(Cl)c1F.O=CO[O-].[Cl][Sn]([Cl])([Cl])[Cl].[H-].[K+].[K+]. The second kappa shape index (κ2) is 61.4. The third kappa shape index (κ3) is 46.6. The van der Waals surface area contributed by atoms with Gasteiger partial charge in [-0.15, -0.1) is 0 Å². The molecule has 0 atom stereocenters. The van der Waals surface area contributed by atoms with Crippen molar-refractivity contribution >= 4 is 294 Å². The molecule has 0 saturated heterocycles. The van der Waals surface area contributed by atoms with Crippen LogP contribution in [0.25, 0.3) is 49.7 Å². The van der Waals surface area contributed by atoms with Gasteiger partial charge in [0, 0.05) is 159 Å². The zero-order valence-electron chi connectivity index (χ0n) is 76.5. The quantitative estimate of drug-likeness (QED) is 0.00676. The zero-order chi connectivity index (χ0) is 98.8. The predicted octanol–water partition coefficient (Wildman–Crippen LogP) is 18.7. The number of benzene rings is 7. The number of carboxylic acids is 1. The van der Waals surface area contributed by atoms with Crippen molar-refractivity contribution in [1.82, 2.24) is 34.2 Å². The number of aromatic amines is 1. The van der Waals surface area contributed by atoms with Gasteiger partial charge in [0.25, 0.3) is 6.47 Å². The summed E-state index contributed by atoms with van der Waals surface area (Å²) in [5.41, 5.74) is 8.87. The molecule has 3 aliphatic carbocycles. The zero-order valence-corrected chi connectivity index (χ0v) is 99.4. The molecule has 134 heavy (non-hydrogen) atoms. The number of aliphatic carboxylic acids is 1. The Morgan fingerprint density at radius 2 is 0.978 bits per heavy atom. The van der Waals surface area contributed by atoms with Crippen LogP contribution in [0.15, 0.2) is 181 Å². The second-order valence-corrected chi connectivity index (χ2v) is 63.5. The third-order valence-electron chi connectivity index (χ3n) is 18.6. The van der Waals surface area contributed by atoms with Crippen molar-refractivity contribution in [2.45, 2.75) is 171 Å². The standard InChI is InChI=1S/C24H24BrClFN3O2.C16H18BrNO3.C13H15ClFNO.C12H10BrNO3.C10H8BrNO.C9H7Br.C6H11BrO2.C2H3ClO.CH2O3.4ClH.2K.Sn.H/c1-15(31)20-13-30(22-11-17(25)5-8-19(20)22)10-9-29(18-6-7-18)14-23(32)28-12-16-3-2-4-21(26)24(16)27;1-10(19)13-8-18(9-15(20)21-16(2,3)4)14-7-11(17)5-6-12(13)14;14-11-3-1-2-10(13(11)15)8-16-12(17)7-6-9-4-5-9;1-7(15)10-5-14(6-12(16)17)11-4-8(13)2-3-9(10)11;1-6(13)9-5-12-10-4-7(11)2-3-8(9)10;10-9-5-4-7-2-1-3-8(7)6-9;1-6(2,3)9-5(8)4-7;1-2(3)4;2-1-4-3;;;;;;;;/h2-5,8,11,13,18H,6-7,9-10,12,14H2,1H3,(H,28,32);5-8H,9H2,1-4H3;1-3,9H,4-8H2,(H,16,17);2-5H,6H2,1H3,(H,16,17);2-5,12H,1H3;1-2,4-6H,3H2;4H2,1-3H3;1H3;1,3H;4*1H;;;;/q;;;;;;;;;;;;;2*+1;+4;-1/p-5. The van der Waals surface area contributed by atoms with Crippen LogP contribution in [-0.2, 0) is 87.1 Å². The summed E-state index contributed by atoms with van der Waals surface area (Å²) in [6, 6.07) is 39.2. The van der Waals surface area contributed by atoms with Crippen LogP contribution in [0.3, 0.4) is 0 Å². The minimum Gasteiger partial charge on any atom is -1.00 e. The largest absolute Gasteiger partial charge is 1.00 e. The fourth-order valence-corrected chi connectivity index (χ4v) is 14.9. The number of amides is 2. The van der Waals surface area contributed by atoms with Crippen molar-refractivity contribution in [2.24, 2.45) is 5.92 Å². The first-order valence-electron chi connectivity index (χ1n) is 40.4. The first-order valence-corrected chi connectivity index (χ1v) is 61.1. The smallest absolute Gasteiger partial charge is 1.00 e. The van der Waals surface area contributed by atoms with Crippen molar-refractivity contribution < 1.29 is 190 Å². The van der Waals surface area contributed by atoms with Crippen LogP contribution in [-0.4, -0.2) is 143 Å². The number of fused-ring (bicyclic) bond motifs is 5. The summed E-state index contributed by atoms with van der Waals surface area (Å²) in [5, 5.41) is 26.3. The Hall–Kier alpha value is -3.63. The summed E-state index contributed by atoms with van der Waals surface area (Å²) in [5.74, 6) is -1.82. The molecule has 0 radical (unpaired) electrons. The molecule has 41 heteroatoms. The molecule has 712 valence electrons. The number of H-pyrrole nitrogens is 1. The number of alkyl halides is 1. The average molecular weight is 2530 g/mol. The first-order chi connectivity index (χ1) is 61.8. The Balaban J connectivity index is 0.000000535. The maximum Gasteiger partial charge on any atom is 1.00 e. The van der Waals surface area contributed by atoms with Crippen molar-refractivity contribution in [3.05, 3.63) is 247 Å². The summed E-state index contributed by atoms with van der Waals surface area (Å²) >= 11 is 32.9. The predicted molar refractivity (Wildman–Crippen MR) is 542 cm³/mol. The van der Waals surface area contributed by atoms with Crippen LogP contribution in [0.5, 0.6) is 0 Å². The topological polar surface area (TPSA) is 317 Å². The van der Waals surface area contributed by atoms with Gasteiger partial charge >= 0.3 is 170 Å². The number of carbonyl (C=O) groups excluding carboxylic acids is 10. The van der Waals surface area contributed by atoms with Gasteiger partial charge in [-0.2, -0.15) is 0 Å². The number of nitrogens with zero attached hydrogens (tertiary/aromatic N) is 4. The van der Waals surface area contributed by atoms with Crippen LogP contribution in [0.4, 0.5) is 8.78 Å². The molecule has 14 rings (SSSR count). The van der Waals surface area contributed by atoms with E-state index >= 15 is 0 Å². The number of allylic oxidation sites excluding steroid dienone is 1. The van der Waals surface area contributed by atoms with Crippen molar-refractivity contribution in [2.75, 3.05) is 18.4 Å². The number of ether oxygens (including phenoxy) is 2. The number of esters is 2. The molecule has 0 unspecified atom stereocenters. The molecule has 0 bridgehead atoms. The summed E-state index contributed by atoms with van der Waals surface area (Å²) in [6.07, 6.45) is 18.5. The molecular formula is C93H98Br6Cl7F2K2N7O16Sn. The second-order valence-electron chi connectivity index (χ2n) is 31.6. The molecular weight excluding hydrogens is 2430 g/mol. The minimum absolute atomic E-state index is 0. The molecule has 0 spiro atoms. The number of Topliss-reactive ketones (excluding diaryl/α,β-unsaturated/α-hetero) is 4. The molecule has 0 aliphatic heterocycles. The van der Waals surface area contributed by atoms with Gasteiger partial charge in [0.2, 0.25) is 17.1 Å². The summed E-state index contributed by atoms with van der Waals surface area (Å²) in [4.78, 5) is 129. The Bertz CT molecular complexity index is 5940. The van der Waals surface area contributed by atoms with E-state index in [0.29, 0.717) is 53.4 Å². The maximum atomic E-state index is 14.1. The Kier molecular flexibility index (Phi) is 57.0. The van der Waals surface area contributed by atoms with Crippen LogP contribution in [0.2, 0.25) is 10.0 Å². The number of hydrogen-bond acceptors (Lipinski definition) is 16. The Labute approximate surface area is 947 Å². The van der Waals surface area contributed by atoms with Crippen molar-refractivity contribution in [3.63, 3.8) is 0 Å². The van der Waals surface area contributed by atoms with Gasteiger partial charge in [0.1, 0.15) is 41.3 Å². The summed E-state index contributed by atoms with van der Waals surface area (Å²) in [6.45, 7) is 20.1. The van der Waals surface area contributed by atoms with Gasteiger partial charge < -0.3 is 55.5 Å².